The summed E-state index contributed by atoms with van der Waals surface area (Å²) in [7, 11) is 0. The third-order valence-electron chi connectivity index (χ3n) is 3.21. The molecule has 1 atom stereocenters. The van der Waals surface area contributed by atoms with E-state index in [0.29, 0.717) is 28.8 Å². The fraction of sp³-hybridized carbons (Fsp3) is 0.308. The second-order valence-corrected chi connectivity index (χ2v) is 5.52. The van der Waals surface area contributed by atoms with Gasteiger partial charge >= 0.3 is 5.97 Å². The maximum absolute atomic E-state index is 11.9. The second kappa shape index (κ2) is 5.16. The molecule has 3 rings (SSSR count). The van der Waals surface area contributed by atoms with Crippen LogP contribution in [0.4, 0.5) is 0 Å². The number of hydrogen-bond donors (Lipinski definition) is 1. The zero-order chi connectivity index (χ0) is 14.1. The van der Waals surface area contributed by atoms with Crippen LogP contribution >= 0.6 is 11.8 Å². The number of amidine groups is 1. The largest absolute Gasteiger partial charge is 0.480 e. The van der Waals surface area contributed by atoms with Crippen molar-refractivity contribution < 1.29 is 19.1 Å². The molecular weight excluding hydrogens is 280 g/mol. The summed E-state index contributed by atoms with van der Waals surface area (Å²) < 4.78 is 5.16. The molecule has 1 amide bonds. The first kappa shape index (κ1) is 13.0. The first-order chi connectivity index (χ1) is 9.65. The van der Waals surface area contributed by atoms with E-state index in [1.54, 1.807) is 23.1 Å². The number of likely N-dealkylation sites (tertiary alicyclic amines) is 1. The molecule has 0 bridgehead atoms. The summed E-state index contributed by atoms with van der Waals surface area (Å²) in [6, 6.07) is 2.89. The van der Waals surface area contributed by atoms with E-state index in [2.05, 4.69) is 4.99 Å². The Morgan fingerprint density at radius 1 is 1.60 bits per heavy atom. The predicted molar refractivity (Wildman–Crippen MR) is 74.1 cm³/mol. The Bertz CT molecular complexity index is 606. The molecule has 1 aromatic heterocycles. The molecule has 1 N–H and O–H groups in total. The Hall–Kier alpha value is -2.02. The highest BCUT2D eigenvalue weighted by Crippen LogP contribution is 2.33. The summed E-state index contributed by atoms with van der Waals surface area (Å²) in [5.74, 6) is -0.646. The van der Waals surface area contributed by atoms with Gasteiger partial charge in [-0.15, -0.1) is 0 Å². The van der Waals surface area contributed by atoms with Crippen molar-refractivity contribution in [3.05, 3.63) is 29.1 Å². The van der Waals surface area contributed by atoms with Gasteiger partial charge in [-0.2, -0.15) is 4.99 Å². The smallest absolute Gasteiger partial charge is 0.326 e. The van der Waals surface area contributed by atoms with Gasteiger partial charge in [0.05, 0.1) is 11.2 Å². The lowest BCUT2D eigenvalue weighted by Crippen LogP contribution is -2.38. The highest BCUT2D eigenvalue weighted by Gasteiger charge is 2.36. The second-order valence-electron chi connectivity index (χ2n) is 4.52. The Balaban J connectivity index is 1.79. The summed E-state index contributed by atoms with van der Waals surface area (Å²) in [4.78, 5) is 29.1. The maximum atomic E-state index is 11.9. The molecule has 1 saturated heterocycles. The number of rotatable bonds is 2. The zero-order valence-corrected chi connectivity index (χ0v) is 11.3. The van der Waals surface area contributed by atoms with E-state index < -0.39 is 12.0 Å². The van der Waals surface area contributed by atoms with E-state index in [1.165, 1.54) is 18.0 Å². The number of amides is 1. The monoisotopic (exact) mass is 292 g/mol. The van der Waals surface area contributed by atoms with Crippen molar-refractivity contribution >= 4 is 34.9 Å². The highest BCUT2D eigenvalue weighted by atomic mass is 32.2. The minimum absolute atomic E-state index is 0.350. The summed E-state index contributed by atoms with van der Waals surface area (Å²) in [5, 5.41) is 9.63. The molecule has 1 aromatic rings. The number of carboxylic acids is 1. The number of carbonyl (C=O) groups is 2. The van der Waals surface area contributed by atoms with Crippen molar-refractivity contribution in [3.63, 3.8) is 0 Å². The summed E-state index contributed by atoms with van der Waals surface area (Å²) in [6.45, 7) is 0.615. The molecule has 3 heterocycles. The molecule has 0 unspecified atom stereocenters. The average molecular weight is 292 g/mol. The van der Waals surface area contributed by atoms with E-state index in [0.717, 1.165) is 6.42 Å². The van der Waals surface area contributed by atoms with Crippen molar-refractivity contribution in [3.8, 4) is 0 Å². The molecule has 0 radical (unpaired) electrons. The van der Waals surface area contributed by atoms with Crippen LogP contribution in [0.15, 0.2) is 32.7 Å². The van der Waals surface area contributed by atoms with Crippen LogP contribution in [0.1, 0.15) is 18.6 Å². The number of hydrogen-bond acceptors (Lipinski definition) is 5. The lowest BCUT2D eigenvalue weighted by atomic mass is 10.2. The van der Waals surface area contributed by atoms with E-state index >= 15 is 0 Å². The van der Waals surface area contributed by atoms with Gasteiger partial charge in [-0.05, 0) is 36.7 Å². The van der Waals surface area contributed by atoms with Crippen LogP contribution in [0, 0.1) is 0 Å². The molecule has 2 aliphatic rings. The summed E-state index contributed by atoms with van der Waals surface area (Å²) in [5.41, 5.74) is 0. The van der Waals surface area contributed by atoms with Crippen LogP contribution < -0.4 is 0 Å². The molecule has 0 aromatic carbocycles. The van der Waals surface area contributed by atoms with Gasteiger partial charge in [-0.25, -0.2) is 4.79 Å². The quantitative estimate of drug-likeness (QED) is 0.837. The van der Waals surface area contributed by atoms with Crippen LogP contribution in [0.2, 0.25) is 0 Å². The number of carboxylic acid groups (broad SMARTS) is 1. The number of aliphatic imine (C=N–C) groups is 1. The van der Waals surface area contributed by atoms with Crippen LogP contribution in [-0.4, -0.2) is 39.6 Å². The highest BCUT2D eigenvalue weighted by molar-refractivity contribution is 8.18. The topological polar surface area (TPSA) is 83.1 Å². The number of thioether (sulfide) groups is 1. The van der Waals surface area contributed by atoms with Gasteiger partial charge in [-0.1, -0.05) is 0 Å². The molecule has 104 valence electrons. The molecule has 20 heavy (non-hydrogen) atoms. The minimum Gasteiger partial charge on any atom is -0.480 e. The Labute approximate surface area is 119 Å². The Morgan fingerprint density at radius 2 is 2.45 bits per heavy atom. The van der Waals surface area contributed by atoms with Crippen molar-refractivity contribution in [2.45, 2.75) is 18.9 Å². The number of furan rings is 1. The summed E-state index contributed by atoms with van der Waals surface area (Å²) in [6.07, 6.45) is 4.52. The van der Waals surface area contributed by atoms with E-state index in [-0.39, 0.29) is 5.91 Å². The van der Waals surface area contributed by atoms with Crippen molar-refractivity contribution in [2.24, 2.45) is 4.99 Å². The van der Waals surface area contributed by atoms with Crippen LogP contribution in [0.3, 0.4) is 0 Å². The van der Waals surface area contributed by atoms with Crippen LogP contribution in [0.5, 0.6) is 0 Å². The lowest BCUT2D eigenvalue weighted by molar-refractivity contribution is -0.140. The molecule has 0 aliphatic carbocycles. The fourth-order valence-corrected chi connectivity index (χ4v) is 3.24. The Kier molecular flexibility index (Phi) is 3.35. The molecule has 0 spiro atoms. The Morgan fingerprint density at radius 3 is 3.15 bits per heavy atom. The summed E-state index contributed by atoms with van der Waals surface area (Å²) >= 11 is 1.20. The lowest BCUT2D eigenvalue weighted by Gasteiger charge is -2.21. The molecule has 2 aliphatic heterocycles. The van der Waals surface area contributed by atoms with E-state index in [1.807, 2.05) is 0 Å². The zero-order valence-electron chi connectivity index (χ0n) is 10.5. The van der Waals surface area contributed by atoms with Crippen molar-refractivity contribution in [2.75, 3.05) is 6.54 Å². The fourth-order valence-electron chi connectivity index (χ4n) is 2.28. The van der Waals surface area contributed by atoms with Crippen molar-refractivity contribution in [1.29, 1.82) is 0 Å². The third-order valence-corrected chi connectivity index (χ3v) is 4.23. The van der Waals surface area contributed by atoms with E-state index in [4.69, 9.17) is 9.52 Å². The van der Waals surface area contributed by atoms with Gasteiger partial charge in [0.1, 0.15) is 11.8 Å². The average Bonchev–Trinajstić information content (AvgIpc) is 3.11. The number of carbonyl (C=O) groups excluding carboxylic acids is 1. The molecule has 6 nitrogen and oxygen atoms in total. The van der Waals surface area contributed by atoms with Crippen LogP contribution in [0.25, 0.3) is 6.08 Å². The maximum Gasteiger partial charge on any atom is 0.326 e. The molecule has 7 heteroatoms. The van der Waals surface area contributed by atoms with E-state index in [9.17, 15) is 9.59 Å². The first-order valence-corrected chi connectivity index (χ1v) is 7.02. The number of aliphatic carboxylic acids is 1. The standard InChI is InChI=1S/C13H12N2O4S/c16-11-10(7-8-3-2-6-19-8)20-13(14-11)15-5-1-4-9(15)12(17)18/h2-3,6-7,9H,1,4-5H2,(H,17,18)/b10-7+/t9-/m1/s1. The van der Waals surface area contributed by atoms with Gasteiger partial charge in [-0.3, -0.25) is 4.79 Å². The van der Waals surface area contributed by atoms with Crippen LogP contribution in [-0.2, 0) is 9.59 Å². The van der Waals surface area contributed by atoms with Gasteiger partial charge in [0, 0.05) is 12.6 Å². The molecule has 1 fully saturated rings. The molecular formula is C13H12N2O4S. The normalized spacial score (nSPS) is 24.5. The van der Waals surface area contributed by atoms with Gasteiger partial charge in [0.15, 0.2) is 5.17 Å². The van der Waals surface area contributed by atoms with Crippen molar-refractivity contribution in [1.82, 2.24) is 4.90 Å². The number of nitrogens with zero attached hydrogens (tertiary/aromatic N) is 2. The van der Waals surface area contributed by atoms with Gasteiger partial charge < -0.3 is 14.4 Å². The first-order valence-electron chi connectivity index (χ1n) is 6.20. The molecule has 0 saturated carbocycles. The minimum atomic E-state index is -0.873. The van der Waals surface area contributed by atoms with Gasteiger partial charge in [0.25, 0.3) is 5.91 Å². The SMILES string of the molecule is O=C1N=C(N2CCC[C@@H]2C(=O)O)S/C1=C/c1ccco1. The predicted octanol–water partition coefficient (Wildman–Crippen LogP) is 1.80. The van der Waals surface area contributed by atoms with Gasteiger partial charge in [0.2, 0.25) is 0 Å². The third kappa shape index (κ3) is 2.36.